The van der Waals surface area contributed by atoms with Gasteiger partial charge in [-0.05, 0) is 12.8 Å². The molecule has 1 aliphatic rings. The second-order valence-corrected chi connectivity index (χ2v) is 8.00. The summed E-state index contributed by atoms with van der Waals surface area (Å²) in [4.78, 5) is 13.5. The Balaban J connectivity index is 2.34. The number of sulfone groups is 1. The maximum Gasteiger partial charge on any atom is 0.232 e. The normalized spacial score (nSPS) is 23.8. The Labute approximate surface area is 113 Å². The molecule has 0 aromatic rings. The highest BCUT2D eigenvalue weighted by molar-refractivity contribution is 8.00. The van der Waals surface area contributed by atoms with Crippen LogP contribution in [0.1, 0.15) is 19.8 Å². The lowest BCUT2D eigenvalue weighted by molar-refractivity contribution is -0.128. The summed E-state index contributed by atoms with van der Waals surface area (Å²) in [7, 11) is -1.24. The maximum atomic E-state index is 11.9. The molecule has 2 atom stereocenters. The summed E-state index contributed by atoms with van der Waals surface area (Å²) in [5.74, 6) is 1.43. The number of nitrogens with zero attached hydrogens (tertiary/aromatic N) is 1. The fourth-order valence-electron chi connectivity index (χ4n) is 1.80. The van der Waals surface area contributed by atoms with Gasteiger partial charge < -0.3 is 10.6 Å². The van der Waals surface area contributed by atoms with Gasteiger partial charge in [0.2, 0.25) is 5.91 Å². The molecule has 0 aromatic heterocycles. The second-order valence-electron chi connectivity index (χ2n) is 4.74. The van der Waals surface area contributed by atoms with E-state index in [4.69, 9.17) is 5.73 Å². The van der Waals surface area contributed by atoms with Gasteiger partial charge in [0.05, 0.1) is 17.3 Å². The van der Waals surface area contributed by atoms with Crippen molar-refractivity contribution in [1.82, 2.24) is 4.90 Å². The number of hydrogen-bond donors (Lipinski definition) is 1. The van der Waals surface area contributed by atoms with Crippen molar-refractivity contribution in [2.45, 2.75) is 31.8 Å². The first kappa shape index (κ1) is 15.8. The van der Waals surface area contributed by atoms with Crippen LogP contribution < -0.4 is 5.73 Å². The van der Waals surface area contributed by atoms with Gasteiger partial charge in [0.1, 0.15) is 0 Å². The lowest BCUT2D eigenvalue weighted by atomic mass is 10.2. The summed E-state index contributed by atoms with van der Waals surface area (Å²) in [5, 5.41) is 0. The highest BCUT2D eigenvalue weighted by Crippen LogP contribution is 2.17. The van der Waals surface area contributed by atoms with Crippen LogP contribution in [0.5, 0.6) is 0 Å². The van der Waals surface area contributed by atoms with E-state index in [2.05, 4.69) is 0 Å². The Kier molecular flexibility index (Phi) is 5.94. The van der Waals surface area contributed by atoms with Gasteiger partial charge in [-0.1, -0.05) is 6.92 Å². The minimum Gasteiger partial charge on any atom is -0.341 e. The van der Waals surface area contributed by atoms with E-state index in [0.717, 1.165) is 12.2 Å². The summed E-state index contributed by atoms with van der Waals surface area (Å²) in [5.41, 5.74) is 5.77. The summed E-state index contributed by atoms with van der Waals surface area (Å²) < 4.78 is 22.7. The van der Waals surface area contributed by atoms with E-state index in [1.165, 1.54) is 11.8 Å². The van der Waals surface area contributed by atoms with E-state index < -0.39 is 9.84 Å². The minimum absolute atomic E-state index is 0.00889. The Morgan fingerprint density at radius 2 is 2.22 bits per heavy atom. The Bertz CT molecular complexity index is 384. The van der Waals surface area contributed by atoms with Gasteiger partial charge in [0.25, 0.3) is 0 Å². The van der Waals surface area contributed by atoms with Gasteiger partial charge in [-0.15, -0.1) is 0 Å². The number of carbonyl (C=O) groups is 1. The lowest BCUT2D eigenvalue weighted by Gasteiger charge is -2.23. The summed E-state index contributed by atoms with van der Waals surface area (Å²) >= 11 is 1.52. The smallest absolute Gasteiger partial charge is 0.232 e. The van der Waals surface area contributed by atoms with Crippen molar-refractivity contribution in [1.29, 1.82) is 0 Å². The van der Waals surface area contributed by atoms with E-state index in [9.17, 15) is 13.2 Å². The van der Waals surface area contributed by atoms with Crippen molar-refractivity contribution >= 4 is 27.5 Å². The van der Waals surface area contributed by atoms with Gasteiger partial charge in [-0.3, -0.25) is 4.79 Å². The Morgan fingerprint density at radius 1 is 1.56 bits per heavy atom. The molecular weight excluding hydrogens is 272 g/mol. The topological polar surface area (TPSA) is 80.5 Å². The molecule has 0 aliphatic carbocycles. The lowest BCUT2D eigenvalue weighted by Crippen LogP contribution is -2.39. The van der Waals surface area contributed by atoms with Crippen LogP contribution in [-0.2, 0) is 14.6 Å². The number of amides is 1. The molecule has 0 bridgehead atoms. The number of rotatable bonds is 6. The first-order valence-corrected chi connectivity index (χ1v) is 9.12. The minimum atomic E-state index is -2.93. The zero-order chi connectivity index (χ0) is 13.8. The summed E-state index contributed by atoms with van der Waals surface area (Å²) in [6.45, 7) is 2.02. The van der Waals surface area contributed by atoms with Crippen molar-refractivity contribution in [2.24, 2.45) is 5.73 Å². The van der Waals surface area contributed by atoms with Gasteiger partial charge in [-0.25, -0.2) is 8.42 Å². The zero-order valence-corrected chi connectivity index (χ0v) is 12.6. The largest absolute Gasteiger partial charge is 0.341 e. The van der Waals surface area contributed by atoms with Crippen molar-refractivity contribution < 1.29 is 13.2 Å². The van der Waals surface area contributed by atoms with Crippen LogP contribution in [0.15, 0.2) is 0 Å². The molecule has 1 rings (SSSR count). The van der Waals surface area contributed by atoms with E-state index in [-0.39, 0.29) is 29.5 Å². The molecule has 0 spiro atoms. The van der Waals surface area contributed by atoms with Crippen LogP contribution in [0, 0.1) is 0 Å². The average Bonchev–Trinajstić information content (AvgIpc) is 2.68. The third kappa shape index (κ3) is 4.78. The van der Waals surface area contributed by atoms with Crippen LogP contribution in [0.4, 0.5) is 0 Å². The predicted molar refractivity (Wildman–Crippen MR) is 75.4 cm³/mol. The molecule has 1 amide bonds. The molecule has 7 heteroatoms. The maximum absolute atomic E-state index is 11.9. The van der Waals surface area contributed by atoms with Crippen molar-refractivity contribution in [3.05, 3.63) is 0 Å². The molecule has 1 aliphatic heterocycles. The van der Waals surface area contributed by atoms with E-state index in [1.807, 2.05) is 6.92 Å². The molecule has 2 N–H and O–H groups in total. The van der Waals surface area contributed by atoms with Crippen LogP contribution in [0.3, 0.4) is 0 Å². The molecule has 106 valence electrons. The summed E-state index contributed by atoms with van der Waals surface area (Å²) in [6.07, 6.45) is 1.46. The number of hydrogen-bond acceptors (Lipinski definition) is 5. The van der Waals surface area contributed by atoms with Gasteiger partial charge in [0, 0.05) is 24.9 Å². The Hall–Kier alpha value is -0.270. The third-order valence-corrected chi connectivity index (χ3v) is 6.10. The second kappa shape index (κ2) is 6.77. The average molecular weight is 294 g/mol. The molecule has 0 saturated carbocycles. The molecule has 0 aromatic carbocycles. The van der Waals surface area contributed by atoms with E-state index in [1.54, 1.807) is 11.9 Å². The van der Waals surface area contributed by atoms with Gasteiger partial charge in [0.15, 0.2) is 9.84 Å². The van der Waals surface area contributed by atoms with Crippen LogP contribution >= 0.6 is 11.8 Å². The van der Waals surface area contributed by atoms with Crippen molar-refractivity contribution in [3.63, 3.8) is 0 Å². The molecule has 1 heterocycles. The standard InChI is InChI=1S/C11H22N2O3S2/c1-3-9(12)6-17-7-11(14)13(2)10-4-5-18(15,16)8-10/h9-10H,3-8,12H2,1-2H3. The van der Waals surface area contributed by atoms with Crippen LogP contribution in [0.25, 0.3) is 0 Å². The molecule has 0 radical (unpaired) electrons. The molecular formula is C11H22N2O3S2. The fraction of sp³-hybridized carbons (Fsp3) is 0.909. The Morgan fingerprint density at radius 3 is 2.72 bits per heavy atom. The first-order chi connectivity index (χ1) is 8.35. The number of nitrogens with two attached hydrogens (primary N) is 1. The fourth-order valence-corrected chi connectivity index (χ4v) is 4.61. The number of carbonyl (C=O) groups excluding carboxylic acids is 1. The van der Waals surface area contributed by atoms with Crippen molar-refractivity contribution in [2.75, 3.05) is 30.1 Å². The molecule has 1 fully saturated rings. The molecule has 5 nitrogen and oxygen atoms in total. The first-order valence-electron chi connectivity index (χ1n) is 6.15. The van der Waals surface area contributed by atoms with E-state index in [0.29, 0.717) is 12.2 Å². The number of thioether (sulfide) groups is 1. The summed E-state index contributed by atoms with van der Waals surface area (Å²) in [6, 6.07) is -0.0251. The molecule has 18 heavy (non-hydrogen) atoms. The molecule has 2 unspecified atom stereocenters. The van der Waals surface area contributed by atoms with Gasteiger partial charge >= 0.3 is 0 Å². The quantitative estimate of drug-likeness (QED) is 0.751. The SMILES string of the molecule is CCC(N)CSCC(=O)N(C)C1CCS(=O)(=O)C1. The highest BCUT2D eigenvalue weighted by atomic mass is 32.2. The monoisotopic (exact) mass is 294 g/mol. The van der Waals surface area contributed by atoms with Crippen LogP contribution in [0.2, 0.25) is 0 Å². The predicted octanol–water partition coefficient (Wildman–Crippen LogP) is 0.102. The van der Waals surface area contributed by atoms with Crippen molar-refractivity contribution in [3.8, 4) is 0 Å². The highest BCUT2D eigenvalue weighted by Gasteiger charge is 2.32. The zero-order valence-electron chi connectivity index (χ0n) is 11.0. The van der Waals surface area contributed by atoms with E-state index >= 15 is 0 Å². The third-order valence-electron chi connectivity index (χ3n) is 3.23. The molecule has 1 saturated heterocycles. The van der Waals surface area contributed by atoms with Crippen LogP contribution in [-0.4, -0.2) is 61.4 Å². The van der Waals surface area contributed by atoms with Gasteiger partial charge in [-0.2, -0.15) is 11.8 Å².